The zero-order valence-electron chi connectivity index (χ0n) is 11.6. The minimum atomic E-state index is -0.167. The van der Waals surface area contributed by atoms with Crippen molar-refractivity contribution in [3.63, 3.8) is 0 Å². The molecule has 1 aromatic carbocycles. The zero-order valence-corrected chi connectivity index (χ0v) is 13.2. The van der Waals surface area contributed by atoms with Crippen molar-refractivity contribution in [3.05, 3.63) is 34.1 Å². The highest BCUT2D eigenvalue weighted by molar-refractivity contribution is 9.10. The van der Waals surface area contributed by atoms with Crippen LogP contribution in [0.15, 0.2) is 22.7 Å². The smallest absolute Gasteiger partial charge is 0.124 e. The largest absolute Gasteiger partial charge is 0.316 e. The molecule has 0 aromatic heterocycles. The summed E-state index contributed by atoms with van der Waals surface area (Å²) < 4.78 is 14.1. The summed E-state index contributed by atoms with van der Waals surface area (Å²) in [7, 11) is 0. The minimum absolute atomic E-state index is 0.167. The van der Waals surface area contributed by atoms with Crippen molar-refractivity contribution < 1.29 is 4.39 Å². The minimum Gasteiger partial charge on any atom is -0.316 e. The van der Waals surface area contributed by atoms with E-state index in [4.69, 9.17) is 0 Å². The highest BCUT2D eigenvalue weighted by Gasteiger charge is 2.32. The Morgan fingerprint density at radius 1 is 1.26 bits per heavy atom. The number of hydrogen-bond acceptors (Lipinski definition) is 1. The fraction of sp³-hybridized carbons (Fsp3) is 0.625. The zero-order chi connectivity index (χ0) is 13.7. The van der Waals surface area contributed by atoms with E-state index >= 15 is 0 Å². The van der Waals surface area contributed by atoms with Crippen LogP contribution in [0, 0.1) is 11.2 Å². The van der Waals surface area contributed by atoms with Crippen molar-refractivity contribution in [2.24, 2.45) is 5.41 Å². The van der Waals surface area contributed by atoms with E-state index in [0.29, 0.717) is 5.41 Å². The van der Waals surface area contributed by atoms with Gasteiger partial charge in [-0.25, -0.2) is 4.39 Å². The highest BCUT2D eigenvalue weighted by Crippen LogP contribution is 2.40. The van der Waals surface area contributed by atoms with Crippen molar-refractivity contribution in [2.45, 2.75) is 45.4 Å². The second-order valence-electron chi connectivity index (χ2n) is 5.75. The molecule has 0 radical (unpaired) electrons. The SMILES string of the molecule is CCNCC1(Cc2ccc(F)cc2Br)CCCCC1. The van der Waals surface area contributed by atoms with Crippen molar-refractivity contribution in [1.82, 2.24) is 5.32 Å². The Morgan fingerprint density at radius 3 is 2.63 bits per heavy atom. The molecule has 0 unspecified atom stereocenters. The van der Waals surface area contributed by atoms with Crippen LogP contribution in [0.3, 0.4) is 0 Å². The van der Waals surface area contributed by atoms with Crippen LogP contribution >= 0.6 is 15.9 Å². The number of hydrogen-bond donors (Lipinski definition) is 1. The molecule has 1 nitrogen and oxygen atoms in total. The Labute approximate surface area is 124 Å². The highest BCUT2D eigenvalue weighted by atomic mass is 79.9. The van der Waals surface area contributed by atoms with Gasteiger partial charge in [-0.1, -0.05) is 48.2 Å². The quantitative estimate of drug-likeness (QED) is 0.827. The third-order valence-corrected chi connectivity index (χ3v) is 4.98. The van der Waals surface area contributed by atoms with Gasteiger partial charge < -0.3 is 5.32 Å². The molecule has 0 atom stereocenters. The Kier molecular flexibility index (Phi) is 5.40. The summed E-state index contributed by atoms with van der Waals surface area (Å²) in [6, 6.07) is 5.09. The van der Waals surface area contributed by atoms with Crippen LogP contribution in [-0.2, 0) is 6.42 Å². The summed E-state index contributed by atoms with van der Waals surface area (Å²) in [5.41, 5.74) is 1.59. The topological polar surface area (TPSA) is 12.0 Å². The van der Waals surface area contributed by atoms with E-state index in [2.05, 4.69) is 28.2 Å². The first-order valence-corrected chi connectivity index (χ1v) is 8.09. The van der Waals surface area contributed by atoms with Gasteiger partial charge in [0.15, 0.2) is 0 Å². The molecule has 1 aliphatic rings. The maximum Gasteiger partial charge on any atom is 0.124 e. The predicted molar refractivity (Wildman–Crippen MR) is 81.9 cm³/mol. The molecule has 0 saturated heterocycles. The van der Waals surface area contributed by atoms with Crippen LogP contribution < -0.4 is 5.32 Å². The standard InChI is InChI=1S/C16H23BrFN/c1-2-19-12-16(8-4-3-5-9-16)11-13-6-7-14(18)10-15(13)17/h6-7,10,19H,2-5,8-9,11-12H2,1H3. The molecule has 1 fully saturated rings. The lowest BCUT2D eigenvalue weighted by molar-refractivity contribution is 0.181. The van der Waals surface area contributed by atoms with Crippen LogP contribution in [-0.4, -0.2) is 13.1 Å². The lowest BCUT2D eigenvalue weighted by Gasteiger charge is -2.38. The Morgan fingerprint density at radius 2 is 2.00 bits per heavy atom. The summed E-state index contributed by atoms with van der Waals surface area (Å²) in [6.07, 6.45) is 7.61. The third kappa shape index (κ3) is 4.03. The predicted octanol–water partition coefficient (Wildman–Crippen LogP) is 4.69. The molecule has 2 rings (SSSR count). The van der Waals surface area contributed by atoms with Gasteiger partial charge in [-0.05, 0) is 48.9 Å². The molecule has 0 bridgehead atoms. The number of benzene rings is 1. The number of nitrogens with one attached hydrogen (secondary N) is 1. The maximum absolute atomic E-state index is 13.2. The van der Waals surface area contributed by atoms with E-state index in [9.17, 15) is 4.39 Å². The summed E-state index contributed by atoms with van der Waals surface area (Å²) in [6.45, 7) is 4.25. The molecule has 0 amide bonds. The molecule has 1 saturated carbocycles. The molecule has 19 heavy (non-hydrogen) atoms. The van der Waals surface area contributed by atoms with Gasteiger partial charge in [-0.2, -0.15) is 0 Å². The van der Waals surface area contributed by atoms with E-state index in [0.717, 1.165) is 24.0 Å². The van der Waals surface area contributed by atoms with Gasteiger partial charge in [-0.3, -0.25) is 0 Å². The normalized spacial score (nSPS) is 18.5. The monoisotopic (exact) mass is 327 g/mol. The van der Waals surface area contributed by atoms with E-state index < -0.39 is 0 Å². The summed E-state index contributed by atoms with van der Waals surface area (Å²) in [4.78, 5) is 0. The van der Waals surface area contributed by atoms with Gasteiger partial charge in [-0.15, -0.1) is 0 Å². The van der Waals surface area contributed by atoms with Gasteiger partial charge in [0, 0.05) is 11.0 Å². The van der Waals surface area contributed by atoms with Crippen molar-refractivity contribution >= 4 is 15.9 Å². The first-order chi connectivity index (χ1) is 9.15. The lowest BCUT2D eigenvalue weighted by Crippen LogP contribution is -2.38. The summed E-state index contributed by atoms with van der Waals surface area (Å²) >= 11 is 3.51. The molecule has 106 valence electrons. The molecule has 1 aliphatic carbocycles. The Hall–Kier alpha value is -0.410. The van der Waals surface area contributed by atoms with Gasteiger partial charge in [0.05, 0.1) is 0 Å². The van der Waals surface area contributed by atoms with E-state index in [1.807, 2.05) is 6.07 Å². The Bertz CT molecular complexity index is 413. The molecule has 1 aromatic rings. The summed E-state index contributed by atoms with van der Waals surface area (Å²) in [5, 5.41) is 3.52. The lowest BCUT2D eigenvalue weighted by atomic mass is 9.70. The molecular formula is C16H23BrFN. The molecule has 0 spiro atoms. The second kappa shape index (κ2) is 6.85. The maximum atomic E-state index is 13.2. The third-order valence-electron chi connectivity index (χ3n) is 4.24. The van der Waals surface area contributed by atoms with E-state index in [1.54, 1.807) is 12.1 Å². The van der Waals surface area contributed by atoms with Gasteiger partial charge in [0.1, 0.15) is 5.82 Å². The van der Waals surface area contributed by atoms with Gasteiger partial charge in [0.25, 0.3) is 0 Å². The van der Waals surface area contributed by atoms with Crippen molar-refractivity contribution in [3.8, 4) is 0 Å². The van der Waals surface area contributed by atoms with E-state index in [-0.39, 0.29) is 5.82 Å². The van der Waals surface area contributed by atoms with Crippen LogP contribution in [0.5, 0.6) is 0 Å². The number of rotatable bonds is 5. The fourth-order valence-corrected chi connectivity index (χ4v) is 3.67. The fourth-order valence-electron chi connectivity index (χ4n) is 3.18. The van der Waals surface area contributed by atoms with Crippen LogP contribution in [0.4, 0.5) is 4.39 Å². The average molecular weight is 328 g/mol. The first-order valence-electron chi connectivity index (χ1n) is 7.30. The summed E-state index contributed by atoms with van der Waals surface area (Å²) in [5.74, 6) is -0.167. The number of halogens is 2. The molecule has 0 heterocycles. The van der Waals surface area contributed by atoms with E-state index in [1.165, 1.54) is 37.7 Å². The average Bonchev–Trinajstić information content (AvgIpc) is 2.41. The van der Waals surface area contributed by atoms with Crippen molar-refractivity contribution in [1.29, 1.82) is 0 Å². The molecule has 1 N–H and O–H groups in total. The molecule has 3 heteroatoms. The van der Waals surface area contributed by atoms with Crippen LogP contribution in [0.1, 0.15) is 44.6 Å². The van der Waals surface area contributed by atoms with Gasteiger partial charge in [0.2, 0.25) is 0 Å². The molecule has 0 aliphatic heterocycles. The van der Waals surface area contributed by atoms with Crippen LogP contribution in [0.25, 0.3) is 0 Å². The first kappa shape index (κ1) is 15.0. The van der Waals surface area contributed by atoms with Crippen molar-refractivity contribution in [2.75, 3.05) is 13.1 Å². The Balaban J connectivity index is 2.14. The second-order valence-corrected chi connectivity index (χ2v) is 6.61. The van der Waals surface area contributed by atoms with Gasteiger partial charge >= 0.3 is 0 Å². The molecular weight excluding hydrogens is 305 g/mol. The van der Waals surface area contributed by atoms with Crippen LogP contribution in [0.2, 0.25) is 0 Å².